The van der Waals surface area contributed by atoms with Crippen molar-refractivity contribution in [1.82, 2.24) is 10.1 Å². The Kier molecular flexibility index (Phi) is 5.28. The minimum Gasteiger partial charge on any atom is -0.334 e. The number of aryl methyl sites for hydroxylation is 1. The Morgan fingerprint density at radius 1 is 1.00 bits per heavy atom. The summed E-state index contributed by atoms with van der Waals surface area (Å²) in [7, 11) is -3.57. The van der Waals surface area contributed by atoms with Crippen LogP contribution in [0, 0.1) is 6.92 Å². The van der Waals surface area contributed by atoms with E-state index in [0.717, 1.165) is 11.1 Å². The molecule has 0 atom stereocenters. The Morgan fingerprint density at radius 2 is 1.76 bits per heavy atom. The highest BCUT2D eigenvalue weighted by atomic mass is 32.2. The number of anilines is 1. The van der Waals surface area contributed by atoms with Crippen LogP contribution in [0.5, 0.6) is 0 Å². The molecule has 1 N–H and O–H groups in total. The first-order valence-electron chi connectivity index (χ1n) is 8.75. The van der Waals surface area contributed by atoms with E-state index in [1.807, 2.05) is 37.3 Å². The molecule has 0 unspecified atom stereocenters. The van der Waals surface area contributed by atoms with Gasteiger partial charge in [0.15, 0.2) is 0 Å². The molecule has 6 nitrogen and oxygen atoms in total. The Labute approximate surface area is 172 Å². The number of nitrogens with one attached hydrogen (secondary N) is 1. The first-order chi connectivity index (χ1) is 14.0. The Hall–Kier alpha value is -3.23. The molecule has 2 aromatic heterocycles. The molecule has 0 amide bonds. The van der Waals surface area contributed by atoms with Gasteiger partial charge in [-0.1, -0.05) is 41.1 Å². The predicted octanol–water partition coefficient (Wildman–Crippen LogP) is 5.08. The monoisotopic (exact) mass is 423 g/mol. The highest BCUT2D eigenvalue weighted by Crippen LogP contribution is 2.23. The van der Waals surface area contributed by atoms with Gasteiger partial charge in [-0.05, 0) is 54.3 Å². The third kappa shape index (κ3) is 4.61. The van der Waals surface area contributed by atoms with Gasteiger partial charge in [-0.2, -0.15) is 4.98 Å². The summed E-state index contributed by atoms with van der Waals surface area (Å²) in [5, 5.41) is 5.70. The van der Waals surface area contributed by atoms with Crippen molar-refractivity contribution in [2.75, 3.05) is 4.72 Å². The second kappa shape index (κ2) is 8.02. The molecule has 2 heterocycles. The summed E-state index contributed by atoms with van der Waals surface area (Å²) in [6.07, 6.45) is 3.66. The van der Waals surface area contributed by atoms with Crippen LogP contribution < -0.4 is 4.72 Å². The molecule has 0 aliphatic rings. The number of sulfonamides is 1. The maximum absolute atomic E-state index is 12.3. The van der Waals surface area contributed by atoms with Gasteiger partial charge in [0.1, 0.15) is 4.21 Å². The number of aromatic nitrogens is 2. The molecule has 0 radical (unpaired) electrons. The molecule has 0 aliphatic carbocycles. The van der Waals surface area contributed by atoms with E-state index in [9.17, 15) is 8.42 Å². The molecular formula is C21H17N3O3S2. The van der Waals surface area contributed by atoms with E-state index in [0.29, 0.717) is 17.4 Å². The molecule has 29 heavy (non-hydrogen) atoms. The summed E-state index contributed by atoms with van der Waals surface area (Å²) < 4.78 is 32.6. The van der Waals surface area contributed by atoms with Crippen LogP contribution in [-0.4, -0.2) is 18.6 Å². The average molecular weight is 424 g/mol. The third-order valence-electron chi connectivity index (χ3n) is 4.09. The van der Waals surface area contributed by atoms with Crippen molar-refractivity contribution in [3.8, 4) is 11.4 Å². The molecule has 4 aromatic rings. The van der Waals surface area contributed by atoms with Gasteiger partial charge in [-0.25, -0.2) is 8.42 Å². The molecule has 8 heteroatoms. The zero-order valence-corrected chi connectivity index (χ0v) is 17.1. The second-order valence-corrected chi connectivity index (χ2v) is 9.17. The van der Waals surface area contributed by atoms with Crippen LogP contribution in [0.3, 0.4) is 0 Å². The number of hydrogen-bond donors (Lipinski definition) is 1. The Balaban J connectivity index is 1.46. The van der Waals surface area contributed by atoms with E-state index in [1.54, 1.807) is 47.9 Å². The lowest BCUT2D eigenvalue weighted by atomic mass is 10.1. The maximum atomic E-state index is 12.3. The molecule has 2 aromatic carbocycles. The average Bonchev–Trinajstić information content (AvgIpc) is 3.41. The van der Waals surface area contributed by atoms with Gasteiger partial charge in [-0.3, -0.25) is 4.72 Å². The fraction of sp³-hybridized carbons (Fsp3) is 0.0476. The zero-order chi connectivity index (χ0) is 20.3. The maximum Gasteiger partial charge on any atom is 0.271 e. The van der Waals surface area contributed by atoms with Crippen molar-refractivity contribution in [2.45, 2.75) is 11.1 Å². The van der Waals surface area contributed by atoms with Crippen molar-refractivity contribution in [3.63, 3.8) is 0 Å². The molecule has 146 valence electrons. The lowest BCUT2D eigenvalue weighted by Crippen LogP contribution is -2.11. The molecule has 4 rings (SSSR count). The van der Waals surface area contributed by atoms with Crippen LogP contribution in [0.4, 0.5) is 5.69 Å². The summed E-state index contributed by atoms with van der Waals surface area (Å²) in [6.45, 7) is 2.04. The highest BCUT2D eigenvalue weighted by molar-refractivity contribution is 7.94. The summed E-state index contributed by atoms with van der Waals surface area (Å²) in [6, 6.07) is 18.2. The molecule has 0 fully saturated rings. The molecule has 0 saturated carbocycles. The summed E-state index contributed by atoms with van der Waals surface area (Å²) in [4.78, 5) is 4.36. The van der Waals surface area contributed by atoms with Crippen LogP contribution in [-0.2, 0) is 10.0 Å². The smallest absolute Gasteiger partial charge is 0.271 e. The van der Waals surface area contributed by atoms with Crippen LogP contribution in [0.25, 0.3) is 23.5 Å². The van der Waals surface area contributed by atoms with E-state index in [-0.39, 0.29) is 4.21 Å². The van der Waals surface area contributed by atoms with Gasteiger partial charge in [0, 0.05) is 17.3 Å². The van der Waals surface area contributed by atoms with Crippen LogP contribution in [0.15, 0.2) is 74.8 Å². The fourth-order valence-corrected chi connectivity index (χ4v) is 4.63. The standard InChI is InChI=1S/C21H17N3O3S2/c1-15-4-6-16(7-5-15)8-13-19-22-21(23-27-19)17-9-11-18(12-10-17)24-29(25,26)20-3-2-14-28-20/h2-14,24H,1H3/b13-8+. The van der Waals surface area contributed by atoms with Gasteiger partial charge in [0.05, 0.1) is 0 Å². The van der Waals surface area contributed by atoms with Crippen LogP contribution in [0.1, 0.15) is 17.0 Å². The SMILES string of the molecule is Cc1ccc(/C=C/c2nc(-c3ccc(NS(=O)(=O)c4cccs4)cc3)no2)cc1. The van der Waals surface area contributed by atoms with E-state index in [4.69, 9.17) is 4.52 Å². The zero-order valence-electron chi connectivity index (χ0n) is 15.4. The normalized spacial score (nSPS) is 11.8. The number of benzene rings is 2. The topological polar surface area (TPSA) is 85.1 Å². The van der Waals surface area contributed by atoms with Crippen molar-refractivity contribution < 1.29 is 12.9 Å². The van der Waals surface area contributed by atoms with Gasteiger partial charge in [0.25, 0.3) is 15.9 Å². The molecule has 0 bridgehead atoms. The predicted molar refractivity (Wildman–Crippen MR) is 115 cm³/mol. The lowest BCUT2D eigenvalue weighted by Gasteiger charge is -2.06. The van der Waals surface area contributed by atoms with Crippen molar-refractivity contribution in [1.29, 1.82) is 0 Å². The molecule has 0 aliphatic heterocycles. The summed E-state index contributed by atoms with van der Waals surface area (Å²) in [5.41, 5.74) is 3.43. The Morgan fingerprint density at radius 3 is 2.45 bits per heavy atom. The summed E-state index contributed by atoms with van der Waals surface area (Å²) in [5.74, 6) is 0.823. The molecule has 0 spiro atoms. The quantitative estimate of drug-likeness (QED) is 0.468. The van der Waals surface area contributed by atoms with E-state index < -0.39 is 10.0 Å². The van der Waals surface area contributed by atoms with Gasteiger partial charge in [0.2, 0.25) is 5.82 Å². The molecular weight excluding hydrogens is 406 g/mol. The first kappa shape index (κ1) is 19.1. The van der Waals surface area contributed by atoms with Crippen LogP contribution in [0.2, 0.25) is 0 Å². The number of rotatable bonds is 6. The summed E-state index contributed by atoms with van der Waals surface area (Å²) >= 11 is 1.17. The fourth-order valence-electron chi connectivity index (χ4n) is 2.57. The lowest BCUT2D eigenvalue weighted by molar-refractivity contribution is 0.411. The first-order valence-corrected chi connectivity index (χ1v) is 11.1. The second-order valence-electron chi connectivity index (χ2n) is 6.32. The number of nitrogens with zero attached hydrogens (tertiary/aromatic N) is 2. The molecule has 0 saturated heterocycles. The van der Waals surface area contributed by atoms with Crippen molar-refractivity contribution >= 4 is 39.2 Å². The Bertz CT molecular complexity index is 1230. The van der Waals surface area contributed by atoms with Crippen LogP contribution >= 0.6 is 11.3 Å². The largest absolute Gasteiger partial charge is 0.334 e. The number of thiophene rings is 1. The highest BCUT2D eigenvalue weighted by Gasteiger charge is 2.15. The third-order valence-corrected chi connectivity index (χ3v) is 6.87. The van der Waals surface area contributed by atoms with Gasteiger partial charge >= 0.3 is 0 Å². The van der Waals surface area contributed by atoms with Gasteiger partial charge < -0.3 is 4.52 Å². The minimum atomic E-state index is -3.57. The number of hydrogen-bond acceptors (Lipinski definition) is 6. The van der Waals surface area contributed by atoms with Crippen molar-refractivity contribution in [3.05, 3.63) is 83.1 Å². The van der Waals surface area contributed by atoms with E-state index in [1.165, 1.54) is 16.9 Å². The van der Waals surface area contributed by atoms with E-state index >= 15 is 0 Å². The van der Waals surface area contributed by atoms with Crippen molar-refractivity contribution in [2.24, 2.45) is 0 Å². The van der Waals surface area contributed by atoms with Gasteiger partial charge in [-0.15, -0.1) is 11.3 Å². The van der Waals surface area contributed by atoms with E-state index in [2.05, 4.69) is 14.9 Å². The minimum absolute atomic E-state index is 0.268.